The van der Waals surface area contributed by atoms with Crippen LogP contribution in [0.25, 0.3) is 0 Å². The van der Waals surface area contributed by atoms with E-state index in [0.717, 1.165) is 6.42 Å². The summed E-state index contributed by atoms with van der Waals surface area (Å²) < 4.78 is 0. The summed E-state index contributed by atoms with van der Waals surface area (Å²) >= 11 is 0. The molecule has 0 unspecified atom stereocenters. The second-order valence-electron chi connectivity index (χ2n) is 3.41. The number of amides is 1. The van der Waals surface area contributed by atoms with Crippen molar-refractivity contribution in [1.82, 2.24) is 4.90 Å². The third-order valence-electron chi connectivity index (χ3n) is 2.42. The minimum absolute atomic E-state index is 0.0743. The third-order valence-corrected chi connectivity index (χ3v) is 2.42. The predicted molar refractivity (Wildman–Crippen MR) is 51.8 cm³/mol. The molecule has 1 saturated heterocycles. The van der Waals surface area contributed by atoms with Gasteiger partial charge in [0.2, 0.25) is 5.91 Å². The fourth-order valence-electron chi connectivity index (χ4n) is 1.69. The predicted octanol–water partition coefficient (Wildman–Crippen LogP) is 1.03. The molecular formula is C10H15NO3. The Morgan fingerprint density at radius 3 is 2.86 bits per heavy atom. The molecule has 1 aliphatic rings. The fraction of sp³-hybridized carbons (Fsp3) is 0.600. The van der Waals surface area contributed by atoms with Crippen molar-refractivity contribution in [3.05, 3.63) is 12.7 Å². The van der Waals surface area contributed by atoms with Gasteiger partial charge in [-0.25, -0.2) is 4.79 Å². The summed E-state index contributed by atoms with van der Waals surface area (Å²) in [5, 5.41) is 8.84. The van der Waals surface area contributed by atoms with Crippen LogP contribution in [0.4, 0.5) is 0 Å². The lowest BCUT2D eigenvalue weighted by molar-refractivity contribution is -0.148. The van der Waals surface area contributed by atoms with Crippen molar-refractivity contribution in [3.8, 4) is 0 Å². The summed E-state index contributed by atoms with van der Waals surface area (Å²) in [7, 11) is 0. The van der Waals surface area contributed by atoms with Crippen LogP contribution in [0.5, 0.6) is 0 Å². The minimum Gasteiger partial charge on any atom is -0.480 e. The average Bonchev–Trinajstić information content (AvgIpc) is 2.62. The van der Waals surface area contributed by atoms with Crippen LogP contribution in [-0.4, -0.2) is 34.5 Å². The first-order chi connectivity index (χ1) is 6.66. The van der Waals surface area contributed by atoms with E-state index in [4.69, 9.17) is 5.11 Å². The summed E-state index contributed by atoms with van der Waals surface area (Å²) in [6.07, 6.45) is 4.02. The van der Waals surface area contributed by atoms with Crippen LogP contribution in [0, 0.1) is 0 Å². The highest BCUT2D eigenvalue weighted by molar-refractivity contribution is 5.84. The van der Waals surface area contributed by atoms with Gasteiger partial charge in [-0.2, -0.15) is 0 Å². The van der Waals surface area contributed by atoms with Gasteiger partial charge in [-0.1, -0.05) is 6.08 Å². The molecule has 4 nitrogen and oxygen atoms in total. The first kappa shape index (κ1) is 10.8. The molecule has 0 aromatic rings. The first-order valence-electron chi connectivity index (χ1n) is 4.80. The number of aliphatic carboxylic acids is 1. The van der Waals surface area contributed by atoms with E-state index in [9.17, 15) is 9.59 Å². The summed E-state index contributed by atoms with van der Waals surface area (Å²) in [6.45, 7) is 4.10. The summed E-state index contributed by atoms with van der Waals surface area (Å²) in [6, 6.07) is -0.604. The molecule has 1 rings (SSSR count). The van der Waals surface area contributed by atoms with Crippen molar-refractivity contribution >= 4 is 11.9 Å². The van der Waals surface area contributed by atoms with Gasteiger partial charge in [-0.3, -0.25) is 4.79 Å². The van der Waals surface area contributed by atoms with Crippen LogP contribution >= 0.6 is 0 Å². The van der Waals surface area contributed by atoms with Crippen molar-refractivity contribution in [3.63, 3.8) is 0 Å². The van der Waals surface area contributed by atoms with Gasteiger partial charge in [0.05, 0.1) is 0 Å². The average molecular weight is 197 g/mol. The zero-order valence-corrected chi connectivity index (χ0v) is 8.11. The van der Waals surface area contributed by atoms with Crippen LogP contribution in [0.15, 0.2) is 12.7 Å². The molecule has 0 saturated carbocycles. The van der Waals surface area contributed by atoms with Gasteiger partial charge >= 0.3 is 5.97 Å². The van der Waals surface area contributed by atoms with E-state index in [0.29, 0.717) is 25.8 Å². The topological polar surface area (TPSA) is 57.6 Å². The standard InChI is InChI=1S/C10H15NO3/c1-2-3-6-9(12)11-7-4-5-8(11)10(13)14/h2,8H,1,3-7H2,(H,13,14)/t8-/m0/s1. The number of rotatable bonds is 4. The molecule has 1 fully saturated rings. The molecule has 14 heavy (non-hydrogen) atoms. The van der Waals surface area contributed by atoms with Crippen LogP contribution in [0.1, 0.15) is 25.7 Å². The van der Waals surface area contributed by atoms with Crippen molar-refractivity contribution in [2.45, 2.75) is 31.7 Å². The van der Waals surface area contributed by atoms with Gasteiger partial charge in [0.1, 0.15) is 6.04 Å². The van der Waals surface area contributed by atoms with E-state index in [-0.39, 0.29) is 5.91 Å². The second kappa shape index (κ2) is 4.79. The number of hydrogen-bond acceptors (Lipinski definition) is 2. The third kappa shape index (κ3) is 2.34. The molecule has 1 amide bonds. The first-order valence-corrected chi connectivity index (χ1v) is 4.80. The highest BCUT2D eigenvalue weighted by atomic mass is 16.4. The monoisotopic (exact) mass is 197 g/mol. The van der Waals surface area contributed by atoms with Crippen molar-refractivity contribution in [1.29, 1.82) is 0 Å². The summed E-state index contributed by atoms with van der Waals surface area (Å²) in [4.78, 5) is 23.8. The van der Waals surface area contributed by atoms with Gasteiger partial charge in [0.15, 0.2) is 0 Å². The van der Waals surface area contributed by atoms with E-state index in [2.05, 4.69) is 6.58 Å². The van der Waals surface area contributed by atoms with Gasteiger partial charge in [0, 0.05) is 13.0 Å². The highest BCUT2D eigenvalue weighted by Crippen LogP contribution is 2.18. The second-order valence-corrected chi connectivity index (χ2v) is 3.41. The lowest BCUT2D eigenvalue weighted by atomic mass is 10.2. The molecule has 4 heteroatoms. The van der Waals surface area contributed by atoms with E-state index < -0.39 is 12.0 Å². The van der Waals surface area contributed by atoms with Crippen LogP contribution in [0.3, 0.4) is 0 Å². The molecular weight excluding hydrogens is 182 g/mol. The maximum atomic E-state index is 11.5. The van der Waals surface area contributed by atoms with Crippen LogP contribution in [-0.2, 0) is 9.59 Å². The number of nitrogens with zero attached hydrogens (tertiary/aromatic N) is 1. The molecule has 0 spiro atoms. The van der Waals surface area contributed by atoms with Crippen molar-refractivity contribution in [2.24, 2.45) is 0 Å². The van der Waals surface area contributed by atoms with Gasteiger partial charge < -0.3 is 10.0 Å². The number of allylic oxidation sites excluding steroid dienone is 1. The van der Waals surface area contributed by atoms with E-state index in [1.54, 1.807) is 6.08 Å². The Morgan fingerprint density at radius 2 is 2.29 bits per heavy atom. The molecule has 0 radical (unpaired) electrons. The number of carboxylic acids is 1. The molecule has 1 heterocycles. The zero-order valence-electron chi connectivity index (χ0n) is 8.11. The van der Waals surface area contributed by atoms with E-state index in [1.165, 1.54) is 4.90 Å². The lowest BCUT2D eigenvalue weighted by Gasteiger charge is -2.20. The normalized spacial score (nSPS) is 20.9. The number of carboxylic acid groups (broad SMARTS) is 1. The largest absolute Gasteiger partial charge is 0.480 e. The zero-order chi connectivity index (χ0) is 10.6. The maximum absolute atomic E-state index is 11.5. The van der Waals surface area contributed by atoms with Crippen LogP contribution in [0.2, 0.25) is 0 Å². The molecule has 78 valence electrons. The van der Waals surface area contributed by atoms with Gasteiger partial charge in [-0.15, -0.1) is 6.58 Å². The van der Waals surface area contributed by atoms with Crippen molar-refractivity contribution < 1.29 is 14.7 Å². The lowest BCUT2D eigenvalue weighted by Crippen LogP contribution is -2.40. The van der Waals surface area contributed by atoms with Gasteiger partial charge in [0.25, 0.3) is 0 Å². The summed E-state index contributed by atoms with van der Waals surface area (Å²) in [5.74, 6) is -0.968. The smallest absolute Gasteiger partial charge is 0.326 e. The number of carbonyl (C=O) groups is 2. The number of hydrogen-bond donors (Lipinski definition) is 1. The highest BCUT2D eigenvalue weighted by Gasteiger charge is 2.33. The molecule has 1 aliphatic heterocycles. The minimum atomic E-state index is -0.894. The number of carbonyl (C=O) groups excluding carboxylic acids is 1. The molecule has 0 bridgehead atoms. The fourth-order valence-corrected chi connectivity index (χ4v) is 1.69. The molecule has 0 aromatic carbocycles. The Bertz CT molecular complexity index is 250. The number of likely N-dealkylation sites (tertiary alicyclic amines) is 1. The van der Waals surface area contributed by atoms with Crippen molar-refractivity contribution in [2.75, 3.05) is 6.54 Å². The Kier molecular flexibility index (Phi) is 3.68. The molecule has 0 aromatic heterocycles. The molecule has 0 aliphatic carbocycles. The van der Waals surface area contributed by atoms with Crippen LogP contribution < -0.4 is 0 Å². The van der Waals surface area contributed by atoms with Gasteiger partial charge in [-0.05, 0) is 19.3 Å². The Hall–Kier alpha value is -1.32. The quantitative estimate of drug-likeness (QED) is 0.685. The SMILES string of the molecule is C=CCCC(=O)N1CCC[C@H]1C(=O)O. The molecule has 1 atom stereocenters. The Morgan fingerprint density at radius 1 is 1.57 bits per heavy atom. The molecule has 1 N–H and O–H groups in total. The maximum Gasteiger partial charge on any atom is 0.326 e. The Balaban J connectivity index is 2.53. The Labute approximate surface area is 83.2 Å². The van der Waals surface area contributed by atoms with E-state index >= 15 is 0 Å². The summed E-state index contributed by atoms with van der Waals surface area (Å²) in [5.41, 5.74) is 0. The van der Waals surface area contributed by atoms with E-state index in [1.807, 2.05) is 0 Å².